The van der Waals surface area contributed by atoms with E-state index in [4.69, 9.17) is 9.79 Å². The van der Waals surface area contributed by atoms with Gasteiger partial charge in [-0.2, -0.15) is 0 Å². The molecule has 9 heteroatoms. The lowest BCUT2D eigenvalue weighted by atomic mass is 10.2. The molecule has 18 heavy (non-hydrogen) atoms. The van der Waals surface area contributed by atoms with Crippen LogP contribution in [0.15, 0.2) is 24.3 Å². The number of para-hydroxylation sites is 2. The van der Waals surface area contributed by atoms with E-state index >= 15 is 0 Å². The molecule has 0 bridgehead atoms. The fraction of sp³-hybridized carbons (Fsp3) is 0.333. The first-order chi connectivity index (χ1) is 8.29. The number of hydrogen-bond acceptors (Lipinski definition) is 6. The van der Waals surface area contributed by atoms with Crippen LogP contribution in [0.4, 0.5) is 5.69 Å². The highest BCUT2D eigenvalue weighted by molar-refractivity contribution is 7.46. The lowest BCUT2D eigenvalue weighted by molar-refractivity contribution is -0.000128. The van der Waals surface area contributed by atoms with Gasteiger partial charge in [0.1, 0.15) is 11.9 Å². The van der Waals surface area contributed by atoms with E-state index in [9.17, 15) is 19.9 Å². The summed E-state index contributed by atoms with van der Waals surface area (Å²) >= 11 is 0. The predicted octanol–water partition coefficient (Wildman–Crippen LogP) is -0.407. The van der Waals surface area contributed by atoms with Gasteiger partial charge in [0.25, 0.3) is 0 Å². The van der Waals surface area contributed by atoms with E-state index in [1.807, 2.05) is 0 Å². The predicted molar refractivity (Wildman–Crippen MR) is 61.7 cm³/mol. The first-order valence-electron chi connectivity index (χ1n) is 4.90. The first-order valence-corrected chi connectivity index (χ1v) is 6.43. The highest BCUT2D eigenvalue weighted by Gasteiger charge is 2.22. The molecule has 0 aromatic heterocycles. The maximum Gasteiger partial charge on any atom is 0.469 e. The standard InChI is InChI=1S/C9H14NO7P/c11-7-4-2-1-3-6(7)10-9(13)8(12)5-17-18(14,15)16/h1-4,8-13H,5H2,(H2,14,15,16). The number of phenols is 1. The largest absolute Gasteiger partial charge is 0.506 e. The summed E-state index contributed by atoms with van der Waals surface area (Å²) in [5, 5.41) is 30.6. The highest BCUT2D eigenvalue weighted by atomic mass is 31.2. The van der Waals surface area contributed by atoms with E-state index in [2.05, 4.69) is 9.84 Å². The Hall–Kier alpha value is -1.15. The van der Waals surface area contributed by atoms with Crippen LogP contribution in [-0.2, 0) is 9.09 Å². The number of aromatic hydroxyl groups is 1. The van der Waals surface area contributed by atoms with E-state index in [-0.39, 0.29) is 11.4 Å². The van der Waals surface area contributed by atoms with Gasteiger partial charge in [-0.05, 0) is 12.1 Å². The van der Waals surface area contributed by atoms with Gasteiger partial charge in [0.15, 0.2) is 6.23 Å². The van der Waals surface area contributed by atoms with Crippen molar-refractivity contribution in [1.82, 2.24) is 0 Å². The molecular weight excluding hydrogens is 265 g/mol. The van der Waals surface area contributed by atoms with Gasteiger partial charge >= 0.3 is 7.82 Å². The third-order valence-corrected chi connectivity index (χ3v) is 2.47. The third-order valence-electron chi connectivity index (χ3n) is 1.99. The number of phosphoric ester groups is 1. The van der Waals surface area contributed by atoms with Crippen LogP contribution < -0.4 is 5.32 Å². The van der Waals surface area contributed by atoms with E-state index in [0.717, 1.165) is 0 Å². The van der Waals surface area contributed by atoms with Gasteiger partial charge in [-0.25, -0.2) is 4.57 Å². The van der Waals surface area contributed by atoms with Crippen molar-refractivity contribution in [1.29, 1.82) is 0 Å². The second-order valence-corrected chi connectivity index (χ2v) is 4.70. The van der Waals surface area contributed by atoms with E-state index in [0.29, 0.717) is 0 Å². The van der Waals surface area contributed by atoms with Gasteiger partial charge in [-0.15, -0.1) is 0 Å². The maximum absolute atomic E-state index is 10.4. The molecule has 0 fully saturated rings. The molecule has 0 amide bonds. The SMILES string of the molecule is O=P(O)(O)OCC(O)C(O)Nc1ccccc1O. The second kappa shape index (κ2) is 6.14. The molecule has 1 aromatic rings. The minimum absolute atomic E-state index is 0.139. The molecule has 0 aliphatic rings. The Morgan fingerprint density at radius 2 is 1.89 bits per heavy atom. The minimum Gasteiger partial charge on any atom is -0.506 e. The van der Waals surface area contributed by atoms with E-state index < -0.39 is 26.8 Å². The smallest absolute Gasteiger partial charge is 0.469 e. The Labute approximate surface area is 103 Å². The fourth-order valence-electron chi connectivity index (χ4n) is 1.12. The topological polar surface area (TPSA) is 139 Å². The summed E-state index contributed by atoms with van der Waals surface area (Å²) in [5.74, 6) is -0.139. The number of phenolic OH excluding ortho intramolecular Hbond substituents is 1. The summed E-state index contributed by atoms with van der Waals surface area (Å²) in [6.45, 7) is -0.758. The van der Waals surface area contributed by atoms with Crippen LogP contribution in [0.25, 0.3) is 0 Å². The van der Waals surface area contributed by atoms with Crippen LogP contribution in [0.3, 0.4) is 0 Å². The molecule has 0 spiro atoms. The molecule has 1 rings (SSSR count). The molecule has 2 atom stereocenters. The van der Waals surface area contributed by atoms with Crippen LogP contribution in [0.1, 0.15) is 0 Å². The van der Waals surface area contributed by atoms with Crippen molar-refractivity contribution in [3.8, 4) is 5.75 Å². The normalized spacial score (nSPS) is 15.1. The van der Waals surface area contributed by atoms with E-state index in [1.54, 1.807) is 12.1 Å². The number of aliphatic hydroxyl groups excluding tert-OH is 2. The molecule has 102 valence electrons. The van der Waals surface area contributed by atoms with Crippen molar-refractivity contribution in [2.75, 3.05) is 11.9 Å². The Bertz CT molecular complexity index is 435. The zero-order chi connectivity index (χ0) is 13.8. The first kappa shape index (κ1) is 14.9. The fourth-order valence-corrected chi connectivity index (χ4v) is 1.46. The van der Waals surface area contributed by atoms with Crippen LogP contribution in [0, 0.1) is 0 Å². The molecule has 0 heterocycles. The summed E-state index contributed by atoms with van der Waals surface area (Å²) in [4.78, 5) is 16.8. The average Bonchev–Trinajstić information content (AvgIpc) is 2.28. The zero-order valence-electron chi connectivity index (χ0n) is 9.17. The van der Waals surface area contributed by atoms with Crippen molar-refractivity contribution in [2.24, 2.45) is 0 Å². The molecule has 8 nitrogen and oxygen atoms in total. The molecule has 0 radical (unpaired) electrons. The Morgan fingerprint density at radius 3 is 2.44 bits per heavy atom. The van der Waals surface area contributed by atoms with Crippen LogP contribution in [-0.4, -0.2) is 44.0 Å². The molecular formula is C9H14NO7P. The van der Waals surface area contributed by atoms with Gasteiger partial charge in [-0.3, -0.25) is 4.52 Å². The summed E-state index contributed by atoms with van der Waals surface area (Å²) in [5.41, 5.74) is 0.167. The summed E-state index contributed by atoms with van der Waals surface area (Å²) in [6.07, 6.45) is -3.12. The molecule has 0 aliphatic carbocycles. The van der Waals surface area contributed by atoms with Gasteiger partial charge in [0.05, 0.1) is 12.3 Å². The van der Waals surface area contributed by atoms with Crippen molar-refractivity contribution >= 4 is 13.5 Å². The summed E-state index contributed by atoms with van der Waals surface area (Å²) in [7, 11) is -4.70. The summed E-state index contributed by atoms with van der Waals surface area (Å²) < 4.78 is 14.4. The van der Waals surface area contributed by atoms with Crippen LogP contribution in [0.2, 0.25) is 0 Å². The Kier molecular flexibility index (Phi) is 5.09. The van der Waals surface area contributed by atoms with Gasteiger partial charge in [0, 0.05) is 0 Å². The quantitative estimate of drug-likeness (QED) is 0.235. The number of nitrogens with one attached hydrogen (secondary N) is 1. The third kappa shape index (κ3) is 5.01. The lowest BCUT2D eigenvalue weighted by Crippen LogP contribution is -2.36. The Balaban J connectivity index is 2.52. The minimum atomic E-state index is -4.70. The van der Waals surface area contributed by atoms with Crippen molar-refractivity contribution < 1.29 is 34.2 Å². The van der Waals surface area contributed by atoms with E-state index in [1.165, 1.54) is 12.1 Å². The van der Waals surface area contributed by atoms with Gasteiger partial charge in [-0.1, -0.05) is 12.1 Å². The molecule has 6 N–H and O–H groups in total. The second-order valence-electron chi connectivity index (χ2n) is 3.46. The lowest BCUT2D eigenvalue weighted by Gasteiger charge is -2.20. The van der Waals surface area contributed by atoms with Crippen molar-refractivity contribution in [3.63, 3.8) is 0 Å². The average molecular weight is 279 g/mol. The number of anilines is 1. The number of hydrogen-bond donors (Lipinski definition) is 6. The van der Waals surface area contributed by atoms with Crippen molar-refractivity contribution in [3.05, 3.63) is 24.3 Å². The number of rotatable bonds is 6. The maximum atomic E-state index is 10.4. The van der Waals surface area contributed by atoms with Crippen LogP contribution >= 0.6 is 7.82 Å². The molecule has 0 saturated heterocycles. The number of phosphoric acid groups is 1. The number of benzene rings is 1. The van der Waals surface area contributed by atoms with Gasteiger partial charge in [0.2, 0.25) is 0 Å². The monoisotopic (exact) mass is 279 g/mol. The molecule has 1 aromatic carbocycles. The van der Waals surface area contributed by atoms with Crippen LogP contribution in [0.5, 0.6) is 5.75 Å². The molecule has 0 saturated carbocycles. The van der Waals surface area contributed by atoms with Crippen molar-refractivity contribution in [2.45, 2.75) is 12.3 Å². The van der Waals surface area contributed by atoms with Gasteiger partial charge < -0.3 is 30.4 Å². The number of aliphatic hydroxyl groups is 2. The molecule has 2 unspecified atom stereocenters. The highest BCUT2D eigenvalue weighted by Crippen LogP contribution is 2.35. The Morgan fingerprint density at radius 1 is 1.28 bits per heavy atom. The summed E-state index contributed by atoms with van der Waals surface area (Å²) in [6, 6.07) is 5.98. The molecule has 0 aliphatic heterocycles. The zero-order valence-corrected chi connectivity index (χ0v) is 10.1.